The van der Waals surface area contributed by atoms with Crippen LogP contribution in [0, 0.1) is 0 Å². The fourth-order valence-corrected chi connectivity index (χ4v) is 0.450. The van der Waals surface area contributed by atoms with Crippen LogP contribution in [0.2, 0.25) is 0 Å². The highest BCUT2D eigenvalue weighted by Crippen LogP contribution is 1.87. The van der Waals surface area contributed by atoms with Crippen LogP contribution in [0.5, 0.6) is 0 Å². The van der Waals surface area contributed by atoms with Crippen molar-refractivity contribution in [2.75, 3.05) is 13.7 Å². The molecule has 0 N–H and O–H groups in total. The number of rotatable bonds is 5. The first-order valence-corrected chi connectivity index (χ1v) is 3.54. The predicted molar refractivity (Wildman–Crippen MR) is 41.4 cm³/mol. The first kappa shape index (κ1) is 9.94. The van der Waals surface area contributed by atoms with Crippen LogP contribution >= 0.6 is 0 Å². The zero-order valence-electron chi connectivity index (χ0n) is 6.87. The van der Waals surface area contributed by atoms with Gasteiger partial charge < -0.3 is 9.57 Å². The highest BCUT2D eigenvalue weighted by molar-refractivity contribution is 6.22. The van der Waals surface area contributed by atoms with Crippen molar-refractivity contribution in [3.63, 3.8) is 0 Å². The van der Waals surface area contributed by atoms with Crippen LogP contribution in [0.1, 0.15) is 19.8 Å². The quantitative estimate of drug-likeness (QED) is 0.260. The Hall–Kier alpha value is -1.06. The minimum Gasteiger partial charge on any atom is -0.461 e. The lowest BCUT2D eigenvalue weighted by Crippen LogP contribution is -2.06. The van der Waals surface area contributed by atoms with E-state index in [0.29, 0.717) is 6.61 Å². The summed E-state index contributed by atoms with van der Waals surface area (Å²) in [4.78, 5) is 14.9. The number of carbonyl (C=O) groups excluding carboxylic acids is 1. The number of hydrogen-bond acceptors (Lipinski definition) is 4. The SMILES string of the molecule is CCCCOC(=O)/C=N/OC. The van der Waals surface area contributed by atoms with Gasteiger partial charge in [-0.3, -0.25) is 0 Å². The molecular formula is C7H13NO3. The van der Waals surface area contributed by atoms with E-state index in [1.165, 1.54) is 7.11 Å². The monoisotopic (exact) mass is 159 g/mol. The van der Waals surface area contributed by atoms with Crippen molar-refractivity contribution in [2.24, 2.45) is 5.16 Å². The fraction of sp³-hybridized carbons (Fsp3) is 0.714. The third-order valence-corrected chi connectivity index (χ3v) is 1.01. The minimum atomic E-state index is -0.458. The molecule has 0 unspecified atom stereocenters. The Bertz CT molecular complexity index is 134. The number of nitrogens with zero attached hydrogens (tertiary/aromatic N) is 1. The van der Waals surface area contributed by atoms with Crippen molar-refractivity contribution in [3.8, 4) is 0 Å². The number of hydrogen-bond donors (Lipinski definition) is 0. The van der Waals surface area contributed by atoms with Crippen LogP contribution in [0.3, 0.4) is 0 Å². The molecular weight excluding hydrogens is 146 g/mol. The van der Waals surface area contributed by atoms with E-state index in [2.05, 4.69) is 9.99 Å². The van der Waals surface area contributed by atoms with Gasteiger partial charge in [-0.05, 0) is 6.42 Å². The Morgan fingerprint density at radius 1 is 1.64 bits per heavy atom. The minimum absolute atomic E-state index is 0.449. The fourth-order valence-electron chi connectivity index (χ4n) is 0.450. The summed E-state index contributed by atoms with van der Waals surface area (Å²) in [6, 6.07) is 0. The van der Waals surface area contributed by atoms with Crippen LogP contribution in [0.4, 0.5) is 0 Å². The van der Waals surface area contributed by atoms with Gasteiger partial charge in [0, 0.05) is 0 Å². The summed E-state index contributed by atoms with van der Waals surface area (Å²) in [5, 5.41) is 3.25. The number of ether oxygens (including phenoxy) is 1. The molecule has 0 aliphatic carbocycles. The van der Waals surface area contributed by atoms with Gasteiger partial charge in [0.2, 0.25) is 0 Å². The Labute approximate surface area is 66.2 Å². The van der Waals surface area contributed by atoms with Crippen molar-refractivity contribution in [2.45, 2.75) is 19.8 Å². The van der Waals surface area contributed by atoms with Gasteiger partial charge in [-0.1, -0.05) is 18.5 Å². The molecule has 0 heterocycles. The lowest BCUT2D eigenvalue weighted by molar-refractivity contribution is -0.135. The zero-order chi connectivity index (χ0) is 8.53. The van der Waals surface area contributed by atoms with Crippen molar-refractivity contribution >= 4 is 12.2 Å². The van der Waals surface area contributed by atoms with Crippen molar-refractivity contribution in [1.29, 1.82) is 0 Å². The molecule has 0 aliphatic heterocycles. The molecule has 0 saturated carbocycles. The maximum atomic E-state index is 10.6. The topological polar surface area (TPSA) is 47.9 Å². The molecule has 64 valence electrons. The molecule has 0 fully saturated rings. The van der Waals surface area contributed by atoms with E-state index >= 15 is 0 Å². The van der Waals surface area contributed by atoms with E-state index in [1.54, 1.807) is 0 Å². The Kier molecular flexibility index (Phi) is 6.37. The summed E-state index contributed by atoms with van der Waals surface area (Å²) in [5.74, 6) is -0.458. The van der Waals surface area contributed by atoms with E-state index in [-0.39, 0.29) is 0 Å². The summed E-state index contributed by atoms with van der Waals surface area (Å²) in [6.07, 6.45) is 2.90. The van der Waals surface area contributed by atoms with Gasteiger partial charge in [0.25, 0.3) is 0 Å². The molecule has 0 aliphatic rings. The van der Waals surface area contributed by atoms with Gasteiger partial charge in [0.1, 0.15) is 7.11 Å². The van der Waals surface area contributed by atoms with Crippen LogP contribution in [0.15, 0.2) is 5.16 Å². The van der Waals surface area contributed by atoms with Crippen LogP contribution in [-0.4, -0.2) is 25.9 Å². The van der Waals surface area contributed by atoms with Gasteiger partial charge in [0.15, 0.2) is 6.21 Å². The molecule has 0 amide bonds. The van der Waals surface area contributed by atoms with Crippen molar-refractivity contribution in [1.82, 2.24) is 0 Å². The van der Waals surface area contributed by atoms with E-state index in [1.807, 2.05) is 6.92 Å². The lowest BCUT2D eigenvalue weighted by Gasteiger charge is -1.97. The molecule has 0 atom stereocenters. The van der Waals surface area contributed by atoms with Gasteiger partial charge in [0.05, 0.1) is 6.61 Å². The lowest BCUT2D eigenvalue weighted by atomic mass is 10.4. The smallest absolute Gasteiger partial charge is 0.352 e. The van der Waals surface area contributed by atoms with Gasteiger partial charge in [-0.15, -0.1) is 0 Å². The normalized spacial score (nSPS) is 10.0. The summed E-state index contributed by atoms with van der Waals surface area (Å²) >= 11 is 0. The average molecular weight is 159 g/mol. The van der Waals surface area contributed by atoms with Crippen molar-refractivity contribution < 1.29 is 14.4 Å². The average Bonchev–Trinajstić information content (AvgIpc) is 2.01. The van der Waals surface area contributed by atoms with E-state index in [4.69, 9.17) is 4.74 Å². The first-order chi connectivity index (χ1) is 5.31. The molecule has 0 aromatic carbocycles. The highest BCUT2D eigenvalue weighted by Gasteiger charge is 1.95. The number of unbranched alkanes of at least 4 members (excludes halogenated alkanes) is 1. The summed E-state index contributed by atoms with van der Waals surface area (Å²) in [5.41, 5.74) is 0. The molecule has 4 nitrogen and oxygen atoms in total. The summed E-state index contributed by atoms with van der Waals surface area (Å²) in [6.45, 7) is 2.47. The third kappa shape index (κ3) is 6.83. The summed E-state index contributed by atoms with van der Waals surface area (Å²) < 4.78 is 4.72. The molecule has 0 aromatic rings. The standard InChI is InChI=1S/C7H13NO3/c1-3-4-5-11-7(9)6-8-10-2/h6H,3-5H2,1-2H3/b8-6+. The molecule has 0 aromatic heterocycles. The van der Waals surface area contributed by atoms with Gasteiger partial charge in [-0.2, -0.15) is 0 Å². The second-order valence-electron chi connectivity index (χ2n) is 1.94. The number of esters is 1. The van der Waals surface area contributed by atoms with Crippen molar-refractivity contribution in [3.05, 3.63) is 0 Å². The number of oxime groups is 1. The van der Waals surface area contributed by atoms with E-state index in [0.717, 1.165) is 19.1 Å². The van der Waals surface area contributed by atoms with Gasteiger partial charge in [-0.25, -0.2) is 4.79 Å². The maximum absolute atomic E-state index is 10.6. The third-order valence-electron chi connectivity index (χ3n) is 1.01. The van der Waals surface area contributed by atoms with Crippen LogP contribution in [-0.2, 0) is 14.4 Å². The number of carbonyl (C=O) groups is 1. The first-order valence-electron chi connectivity index (χ1n) is 3.54. The molecule has 0 radical (unpaired) electrons. The van der Waals surface area contributed by atoms with E-state index in [9.17, 15) is 4.79 Å². The zero-order valence-corrected chi connectivity index (χ0v) is 6.87. The molecule has 4 heteroatoms. The molecule has 0 bridgehead atoms. The largest absolute Gasteiger partial charge is 0.461 e. The Balaban J connectivity index is 3.30. The second kappa shape index (κ2) is 7.05. The molecule has 0 saturated heterocycles. The van der Waals surface area contributed by atoms with Crippen LogP contribution < -0.4 is 0 Å². The highest BCUT2D eigenvalue weighted by atomic mass is 16.6. The van der Waals surface area contributed by atoms with Gasteiger partial charge >= 0.3 is 5.97 Å². The Morgan fingerprint density at radius 3 is 2.91 bits per heavy atom. The molecule has 11 heavy (non-hydrogen) atoms. The van der Waals surface area contributed by atoms with E-state index < -0.39 is 5.97 Å². The summed E-state index contributed by atoms with van der Waals surface area (Å²) in [7, 11) is 1.37. The maximum Gasteiger partial charge on any atom is 0.352 e. The molecule has 0 rings (SSSR count). The molecule has 0 spiro atoms. The second-order valence-corrected chi connectivity index (χ2v) is 1.94. The predicted octanol–water partition coefficient (Wildman–Crippen LogP) is 0.962. The Morgan fingerprint density at radius 2 is 2.36 bits per heavy atom. The van der Waals surface area contributed by atoms with Crippen LogP contribution in [0.25, 0.3) is 0 Å².